The number of likely N-dealkylation sites (tertiary alicyclic amines) is 1. The second-order valence-electron chi connectivity index (χ2n) is 6.21. The molecule has 0 unspecified atom stereocenters. The number of hydrogen-bond acceptors (Lipinski definition) is 3. The van der Waals surface area contributed by atoms with Crippen molar-refractivity contribution in [2.75, 3.05) is 13.9 Å². The minimum absolute atomic E-state index is 0.124. The summed E-state index contributed by atoms with van der Waals surface area (Å²) in [6.07, 6.45) is 4.50. The number of carbonyl (C=O) groups is 1. The maximum absolute atomic E-state index is 12.6. The van der Waals surface area contributed by atoms with Crippen LogP contribution in [0.3, 0.4) is 0 Å². The lowest BCUT2D eigenvalue weighted by molar-refractivity contribution is -0.131. The van der Waals surface area contributed by atoms with Gasteiger partial charge in [-0.05, 0) is 25.3 Å². The zero-order chi connectivity index (χ0) is 15.6. The number of benzene rings is 1. The van der Waals surface area contributed by atoms with E-state index in [2.05, 4.69) is 25.1 Å². The summed E-state index contributed by atoms with van der Waals surface area (Å²) in [5.74, 6) is 0.163. The molecule has 1 aromatic rings. The Bertz CT molecular complexity index is 569. The zero-order valence-corrected chi connectivity index (χ0v) is 13.2. The molecule has 1 saturated heterocycles. The molecule has 1 aliphatic carbocycles. The number of nitrogens with zero attached hydrogens (tertiary/aromatic N) is 1. The van der Waals surface area contributed by atoms with Crippen LogP contribution in [-0.4, -0.2) is 36.4 Å². The van der Waals surface area contributed by atoms with Crippen molar-refractivity contribution in [3.05, 3.63) is 47.5 Å². The molecular weight excluding hydrogens is 278 g/mol. The van der Waals surface area contributed by atoms with Gasteiger partial charge in [-0.15, -0.1) is 0 Å². The molecular formula is C18H23NO3. The molecule has 1 heterocycles. The number of ether oxygens (including phenoxy) is 2. The number of carbonyl (C=O) groups excluding carboxylic acids is 1. The molecule has 22 heavy (non-hydrogen) atoms. The number of amides is 1. The van der Waals surface area contributed by atoms with Crippen LogP contribution in [0.25, 0.3) is 0 Å². The van der Waals surface area contributed by atoms with E-state index in [1.54, 1.807) is 7.11 Å². The molecule has 2 atom stereocenters. The highest BCUT2D eigenvalue weighted by molar-refractivity contribution is 5.82. The lowest BCUT2D eigenvalue weighted by atomic mass is 9.92. The van der Waals surface area contributed by atoms with Crippen LogP contribution in [0, 0.1) is 0 Å². The van der Waals surface area contributed by atoms with Crippen LogP contribution in [0.1, 0.15) is 31.7 Å². The van der Waals surface area contributed by atoms with Gasteiger partial charge in [-0.1, -0.05) is 42.0 Å². The molecule has 0 bridgehead atoms. The molecule has 1 amide bonds. The van der Waals surface area contributed by atoms with Gasteiger partial charge in [0.1, 0.15) is 6.79 Å². The van der Waals surface area contributed by atoms with Gasteiger partial charge in [0.05, 0.1) is 18.1 Å². The Balaban J connectivity index is 1.88. The Morgan fingerprint density at radius 1 is 1.32 bits per heavy atom. The van der Waals surface area contributed by atoms with Gasteiger partial charge in [-0.25, -0.2) is 0 Å². The summed E-state index contributed by atoms with van der Waals surface area (Å²) in [7, 11) is 1.61. The maximum atomic E-state index is 12.6. The minimum Gasteiger partial charge on any atom is -0.359 e. The molecule has 0 N–H and O–H groups in total. The molecule has 118 valence electrons. The molecule has 0 saturated carbocycles. The van der Waals surface area contributed by atoms with Gasteiger partial charge in [0, 0.05) is 13.7 Å². The third kappa shape index (κ3) is 2.69. The van der Waals surface area contributed by atoms with Crippen LogP contribution < -0.4 is 0 Å². The summed E-state index contributed by atoms with van der Waals surface area (Å²) in [6.45, 7) is 2.99. The summed E-state index contributed by atoms with van der Waals surface area (Å²) in [6, 6.07) is 10.1. The first kappa shape index (κ1) is 15.3. The van der Waals surface area contributed by atoms with Crippen LogP contribution in [-0.2, 0) is 20.8 Å². The van der Waals surface area contributed by atoms with E-state index in [0.29, 0.717) is 13.0 Å². The molecule has 1 aromatic carbocycles. The van der Waals surface area contributed by atoms with Gasteiger partial charge >= 0.3 is 0 Å². The standard InChI is InChI=1S/C18H23NO3/c1-14-8-9-18(11-14)16(22-13-21-2)10-17(20)19(18)12-15-6-4-3-5-7-15/h3-7,11,16H,8-10,12-13H2,1-2H3/t16-,18+/m0/s1. The molecule has 0 aromatic heterocycles. The molecule has 2 aliphatic rings. The Morgan fingerprint density at radius 3 is 2.73 bits per heavy atom. The fourth-order valence-corrected chi connectivity index (χ4v) is 3.64. The highest BCUT2D eigenvalue weighted by Gasteiger charge is 2.53. The summed E-state index contributed by atoms with van der Waals surface area (Å²) in [4.78, 5) is 14.6. The average molecular weight is 301 g/mol. The summed E-state index contributed by atoms with van der Waals surface area (Å²) in [5, 5.41) is 0. The highest BCUT2D eigenvalue weighted by atomic mass is 16.7. The molecule has 4 nitrogen and oxygen atoms in total. The predicted octanol–water partition coefficient (Wildman–Crippen LogP) is 2.89. The van der Waals surface area contributed by atoms with Crippen LogP contribution in [0.2, 0.25) is 0 Å². The van der Waals surface area contributed by atoms with Gasteiger partial charge in [-0.2, -0.15) is 0 Å². The molecule has 1 spiro atoms. The molecule has 1 fully saturated rings. The first-order valence-corrected chi connectivity index (χ1v) is 7.79. The van der Waals surface area contributed by atoms with Crippen LogP contribution in [0.4, 0.5) is 0 Å². The average Bonchev–Trinajstić information content (AvgIpc) is 3.02. The number of allylic oxidation sites excluding steroid dienone is 1. The van der Waals surface area contributed by atoms with Gasteiger partial charge in [-0.3, -0.25) is 4.79 Å². The fraction of sp³-hybridized carbons (Fsp3) is 0.500. The first-order valence-electron chi connectivity index (χ1n) is 7.79. The van der Waals surface area contributed by atoms with E-state index >= 15 is 0 Å². The molecule has 0 radical (unpaired) electrons. The van der Waals surface area contributed by atoms with E-state index in [1.165, 1.54) is 5.57 Å². The normalized spacial score (nSPS) is 27.7. The maximum Gasteiger partial charge on any atom is 0.226 e. The third-order valence-electron chi connectivity index (χ3n) is 4.71. The van der Waals surface area contributed by atoms with Gasteiger partial charge < -0.3 is 14.4 Å². The Hall–Kier alpha value is -1.65. The molecule has 4 heteroatoms. The van der Waals surface area contributed by atoms with Crippen molar-refractivity contribution in [2.45, 2.75) is 44.4 Å². The monoisotopic (exact) mass is 301 g/mol. The van der Waals surface area contributed by atoms with Gasteiger partial charge in [0.25, 0.3) is 0 Å². The zero-order valence-electron chi connectivity index (χ0n) is 13.2. The lowest BCUT2D eigenvalue weighted by Crippen LogP contribution is -2.49. The van der Waals surface area contributed by atoms with Crippen LogP contribution in [0.15, 0.2) is 42.0 Å². The second-order valence-corrected chi connectivity index (χ2v) is 6.21. The van der Waals surface area contributed by atoms with E-state index in [4.69, 9.17) is 9.47 Å². The van der Waals surface area contributed by atoms with E-state index in [9.17, 15) is 4.79 Å². The Morgan fingerprint density at radius 2 is 2.09 bits per heavy atom. The Kier molecular flexibility index (Phi) is 4.32. The quantitative estimate of drug-likeness (QED) is 0.620. The topological polar surface area (TPSA) is 38.8 Å². The summed E-state index contributed by atoms with van der Waals surface area (Å²) >= 11 is 0. The minimum atomic E-state index is -0.310. The van der Waals surface area contributed by atoms with Crippen molar-refractivity contribution in [3.63, 3.8) is 0 Å². The van der Waals surface area contributed by atoms with Crippen molar-refractivity contribution in [1.82, 2.24) is 4.90 Å². The van der Waals surface area contributed by atoms with E-state index in [1.807, 2.05) is 23.1 Å². The second kappa shape index (κ2) is 6.23. The summed E-state index contributed by atoms with van der Waals surface area (Å²) < 4.78 is 10.9. The van der Waals surface area contributed by atoms with Crippen LogP contribution >= 0.6 is 0 Å². The van der Waals surface area contributed by atoms with Crippen LogP contribution in [0.5, 0.6) is 0 Å². The van der Waals surface area contributed by atoms with Crippen molar-refractivity contribution < 1.29 is 14.3 Å². The Labute approximate surface area is 131 Å². The molecule has 1 aliphatic heterocycles. The largest absolute Gasteiger partial charge is 0.359 e. The van der Waals surface area contributed by atoms with Gasteiger partial charge in [0.2, 0.25) is 5.91 Å². The van der Waals surface area contributed by atoms with Crippen molar-refractivity contribution in [1.29, 1.82) is 0 Å². The SMILES string of the molecule is COCO[C@H]1CC(=O)N(Cc2ccccc2)[C@]12C=C(C)CC2. The number of rotatable bonds is 5. The van der Waals surface area contributed by atoms with Crippen molar-refractivity contribution >= 4 is 5.91 Å². The van der Waals surface area contributed by atoms with Crippen molar-refractivity contribution in [3.8, 4) is 0 Å². The number of hydrogen-bond donors (Lipinski definition) is 0. The first-order chi connectivity index (χ1) is 10.7. The summed E-state index contributed by atoms with van der Waals surface area (Å²) in [5.41, 5.74) is 2.18. The smallest absolute Gasteiger partial charge is 0.226 e. The van der Waals surface area contributed by atoms with E-state index in [-0.39, 0.29) is 24.3 Å². The fourth-order valence-electron chi connectivity index (χ4n) is 3.64. The van der Waals surface area contributed by atoms with E-state index < -0.39 is 0 Å². The van der Waals surface area contributed by atoms with E-state index in [0.717, 1.165) is 18.4 Å². The molecule has 3 rings (SSSR count). The predicted molar refractivity (Wildman–Crippen MR) is 84.1 cm³/mol. The lowest BCUT2D eigenvalue weighted by Gasteiger charge is -2.37. The third-order valence-corrected chi connectivity index (χ3v) is 4.71. The van der Waals surface area contributed by atoms with Gasteiger partial charge in [0.15, 0.2) is 0 Å². The van der Waals surface area contributed by atoms with Crippen molar-refractivity contribution in [2.24, 2.45) is 0 Å². The number of methoxy groups -OCH3 is 1. The highest BCUT2D eigenvalue weighted by Crippen LogP contribution is 2.44.